The van der Waals surface area contributed by atoms with Gasteiger partial charge < -0.3 is 9.73 Å². The highest BCUT2D eigenvalue weighted by atomic mass is 35.5. The van der Waals surface area contributed by atoms with E-state index in [1.807, 2.05) is 13.1 Å². The lowest BCUT2D eigenvalue weighted by Crippen LogP contribution is -2.19. The molecule has 0 aliphatic rings. The third kappa shape index (κ3) is 3.87. The topological polar surface area (TPSA) is 43.0 Å². The molecular weight excluding hydrogens is 274 g/mol. The van der Waals surface area contributed by atoms with Gasteiger partial charge in [0.05, 0.1) is 23.8 Å². The minimum atomic E-state index is 0.610. The van der Waals surface area contributed by atoms with Crippen LogP contribution in [0.1, 0.15) is 36.6 Å². The quantitative estimate of drug-likeness (QED) is 0.886. The second-order valence-corrected chi connectivity index (χ2v) is 6.01. The van der Waals surface area contributed by atoms with Gasteiger partial charge in [0.25, 0.3) is 0 Å². The van der Waals surface area contributed by atoms with Crippen LogP contribution in [0.5, 0.6) is 0 Å². The van der Waals surface area contributed by atoms with Crippen LogP contribution in [0.2, 0.25) is 5.02 Å². The van der Waals surface area contributed by atoms with E-state index in [9.17, 15) is 0 Å². The molecule has 2 heterocycles. The van der Waals surface area contributed by atoms with Crippen LogP contribution < -0.4 is 5.32 Å². The number of nitrogens with one attached hydrogen (secondary N) is 1. The van der Waals surface area contributed by atoms with Gasteiger partial charge in [-0.05, 0) is 37.9 Å². The largest absolute Gasteiger partial charge is 0.462 e. The number of aromatic nitrogens is 2. The fourth-order valence-corrected chi connectivity index (χ4v) is 2.20. The molecule has 2 aromatic heterocycles. The Morgan fingerprint density at radius 3 is 2.75 bits per heavy atom. The van der Waals surface area contributed by atoms with Crippen LogP contribution in [0.25, 0.3) is 0 Å². The highest BCUT2D eigenvalue weighted by molar-refractivity contribution is 6.31. The van der Waals surface area contributed by atoms with E-state index in [1.165, 1.54) is 5.56 Å². The number of nitrogens with zero attached hydrogens (tertiary/aromatic N) is 2. The zero-order valence-electron chi connectivity index (χ0n) is 12.5. The highest BCUT2D eigenvalue weighted by Gasteiger charge is 2.10. The molecule has 0 aromatic carbocycles. The van der Waals surface area contributed by atoms with Crippen LogP contribution in [0.15, 0.2) is 16.7 Å². The van der Waals surface area contributed by atoms with Crippen LogP contribution >= 0.6 is 11.6 Å². The maximum absolute atomic E-state index is 6.01. The van der Waals surface area contributed by atoms with Crippen molar-refractivity contribution in [3.05, 3.63) is 40.1 Å². The summed E-state index contributed by atoms with van der Waals surface area (Å²) in [5, 5.41) is 8.42. The first-order valence-corrected chi connectivity index (χ1v) is 7.32. The molecule has 20 heavy (non-hydrogen) atoms. The van der Waals surface area contributed by atoms with Gasteiger partial charge in [-0.1, -0.05) is 25.4 Å². The van der Waals surface area contributed by atoms with Crippen molar-refractivity contribution in [2.75, 3.05) is 6.54 Å². The lowest BCUT2D eigenvalue weighted by Gasteiger charge is -2.06. The molecule has 5 heteroatoms. The molecule has 2 rings (SSSR count). The first-order chi connectivity index (χ1) is 9.45. The van der Waals surface area contributed by atoms with Gasteiger partial charge in [0.1, 0.15) is 11.5 Å². The van der Waals surface area contributed by atoms with Crippen LogP contribution in [-0.2, 0) is 13.1 Å². The van der Waals surface area contributed by atoms with Crippen LogP contribution in [-0.4, -0.2) is 16.3 Å². The third-order valence-corrected chi connectivity index (χ3v) is 3.49. The van der Waals surface area contributed by atoms with Crippen molar-refractivity contribution in [2.45, 2.75) is 40.8 Å². The van der Waals surface area contributed by atoms with Crippen molar-refractivity contribution >= 4 is 11.6 Å². The maximum Gasteiger partial charge on any atom is 0.126 e. The Morgan fingerprint density at radius 2 is 2.15 bits per heavy atom. The molecule has 0 aliphatic carbocycles. The fraction of sp³-hybridized carbons (Fsp3) is 0.533. The van der Waals surface area contributed by atoms with Gasteiger partial charge in [-0.25, -0.2) is 0 Å². The summed E-state index contributed by atoms with van der Waals surface area (Å²) >= 11 is 6.01. The Balaban J connectivity index is 1.99. The predicted molar refractivity (Wildman–Crippen MR) is 81.1 cm³/mol. The molecule has 0 spiro atoms. The average Bonchev–Trinajstić information content (AvgIpc) is 2.83. The van der Waals surface area contributed by atoms with Crippen molar-refractivity contribution in [3.8, 4) is 0 Å². The molecule has 1 N–H and O–H groups in total. The number of halogens is 1. The van der Waals surface area contributed by atoms with Crippen molar-refractivity contribution < 1.29 is 4.42 Å². The average molecular weight is 296 g/mol. The lowest BCUT2D eigenvalue weighted by atomic mass is 10.2. The molecule has 0 saturated heterocycles. The Bertz CT molecular complexity index is 552. The first-order valence-electron chi connectivity index (χ1n) is 6.94. The molecule has 0 aliphatic heterocycles. The summed E-state index contributed by atoms with van der Waals surface area (Å²) in [7, 11) is 0. The molecular formula is C15H22ClN3O. The molecule has 0 atom stereocenters. The third-order valence-electron chi connectivity index (χ3n) is 3.11. The van der Waals surface area contributed by atoms with Crippen LogP contribution in [0, 0.1) is 19.8 Å². The van der Waals surface area contributed by atoms with Crippen LogP contribution in [0.3, 0.4) is 0 Å². The Kier molecular flexibility index (Phi) is 4.89. The normalized spacial score (nSPS) is 11.5. The minimum Gasteiger partial charge on any atom is -0.462 e. The summed E-state index contributed by atoms with van der Waals surface area (Å²) in [5.41, 5.74) is 2.01. The van der Waals surface area contributed by atoms with E-state index in [2.05, 4.69) is 37.3 Å². The maximum atomic E-state index is 6.01. The van der Waals surface area contributed by atoms with Gasteiger partial charge in [-0.3, -0.25) is 4.68 Å². The predicted octanol–water partition coefficient (Wildman–Crippen LogP) is 3.54. The summed E-state index contributed by atoms with van der Waals surface area (Å²) in [6, 6.07) is 2.07. The Labute approximate surface area is 125 Å². The summed E-state index contributed by atoms with van der Waals surface area (Å²) < 4.78 is 7.69. The van der Waals surface area contributed by atoms with Gasteiger partial charge >= 0.3 is 0 Å². The smallest absolute Gasteiger partial charge is 0.126 e. The van der Waals surface area contributed by atoms with Crippen molar-refractivity contribution in [2.24, 2.45) is 5.92 Å². The van der Waals surface area contributed by atoms with E-state index in [1.54, 1.807) is 4.68 Å². The second-order valence-electron chi connectivity index (χ2n) is 5.60. The first kappa shape index (κ1) is 15.1. The second kappa shape index (κ2) is 6.46. The SMILES string of the molecule is Cc1cc(Cn2cc(Cl)c(C)n2)oc1CNCC(C)C. The Hall–Kier alpha value is -1.26. The van der Waals surface area contributed by atoms with E-state index in [4.69, 9.17) is 16.0 Å². The molecule has 0 radical (unpaired) electrons. The van der Waals surface area contributed by atoms with Gasteiger partial charge in [0.15, 0.2) is 0 Å². The van der Waals surface area contributed by atoms with Crippen molar-refractivity contribution in [1.29, 1.82) is 0 Å². The number of hydrogen-bond acceptors (Lipinski definition) is 3. The van der Waals surface area contributed by atoms with E-state index >= 15 is 0 Å². The molecule has 0 saturated carbocycles. The van der Waals surface area contributed by atoms with Gasteiger partial charge in [0, 0.05) is 6.20 Å². The van der Waals surface area contributed by atoms with Crippen LogP contribution in [0.4, 0.5) is 0 Å². The monoisotopic (exact) mass is 295 g/mol. The van der Waals surface area contributed by atoms with Gasteiger partial charge in [-0.15, -0.1) is 0 Å². The summed E-state index contributed by atoms with van der Waals surface area (Å²) in [6.07, 6.45) is 1.82. The van der Waals surface area contributed by atoms with Gasteiger partial charge in [-0.2, -0.15) is 5.10 Å². The van der Waals surface area contributed by atoms with E-state index in [-0.39, 0.29) is 0 Å². The Morgan fingerprint density at radius 1 is 1.40 bits per heavy atom. The molecule has 0 amide bonds. The molecule has 2 aromatic rings. The summed E-state index contributed by atoms with van der Waals surface area (Å²) in [4.78, 5) is 0. The lowest BCUT2D eigenvalue weighted by molar-refractivity contribution is 0.421. The van der Waals surface area contributed by atoms with E-state index in [0.717, 1.165) is 30.3 Å². The molecule has 110 valence electrons. The number of hydrogen-bond donors (Lipinski definition) is 1. The highest BCUT2D eigenvalue weighted by Crippen LogP contribution is 2.18. The fourth-order valence-electron chi connectivity index (χ4n) is 2.05. The number of furan rings is 1. The van der Waals surface area contributed by atoms with Gasteiger partial charge in [0.2, 0.25) is 0 Å². The van der Waals surface area contributed by atoms with E-state index < -0.39 is 0 Å². The van der Waals surface area contributed by atoms with Crippen molar-refractivity contribution in [1.82, 2.24) is 15.1 Å². The number of aryl methyl sites for hydroxylation is 2. The number of rotatable bonds is 6. The zero-order valence-corrected chi connectivity index (χ0v) is 13.3. The summed E-state index contributed by atoms with van der Waals surface area (Å²) in [6.45, 7) is 10.7. The molecule has 4 nitrogen and oxygen atoms in total. The standard InChI is InChI=1S/C15H22ClN3O/c1-10(2)6-17-7-15-11(3)5-13(20-15)8-19-9-14(16)12(4)18-19/h5,9-10,17H,6-8H2,1-4H3. The molecule has 0 bridgehead atoms. The zero-order chi connectivity index (χ0) is 14.7. The van der Waals surface area contributed by atoms with E-state index in [0.29, 0.717) is 17.5 Å². The summed E-state index contributed by atoms with van der Waals surface area (Å²) in [5.74, 6) is 2.54. The molecule has 0 fully saturated rings. The molecule has 0 unspecified atom stereocenters. The minimum absolute atomic E-state index is 0.610. The van der Waals surface area contributed by atoms with Crippen molar-refractivity contribution in [3.63, 3.8) is 0 Å².